The fraction of sp³-hybridized carbons (Fsp3) is 0.462. The van der Waals surface area contributed by atoms with Crippen molar-refractivity contribution in [3.63, 3.8) is 0 Å². The quantitative estimate of drug-likeness (QED) is 0.712. The van der Waals surface area contributed by atoms with Crippen molar-refractivity contribution in [3.8, 4) is 0 Å². The summed E-state index contributed by atoms with van der Waals surface area (Å²) in [7, 11) is 0. The average Bonchev–Trinajstić information content (AvgIpc) is 2.35. The lowest BCUT2D eigenvalue weighted by Gasteiger charge is -2.07. The molecule has 0 saturated heterocycles. The zero-order valence-corrected chi connectivity index (χ0v) is 11.4. The van der Waals surface area contributed by atoms with Crippen LogP contribution in [0.5, 0.6) is 0 Å². The molecule has 1 aromatic carbocycles. The maximum atomic E-state index is 13.5. The van der Waals surface area contributed by atoms with Gasteiger partial charge in [-0.25, -0.2) is 4.39 Å². The first-order valence-electron chi connectivity index (χ1n) is 5.93. The van der Waals surface area contributed by atoms with Gasteiger partial charge in [0.1, 0.15) is 5.82 Å². The number of benzene rings is 1. The van der Waals surface area contributed by atoms with Gasteiger partial charge in [-0.3, -0.25) is 4.79 Å². The van der Waals surface area contributed by atoms with Crippen molar-refractivity contribution in [3.05, 3.63) is 35.1 Å². The van der Waals surface area contributed by atoms with Crippen LogP contribution in [0.2, 0.25) is 0 Å². The summed E-state index contributed by atoms with van der Waals surface area (Å²) in [5.74, 6) is 0.306. The standard InChI is InChI=1S/C13H19FN2OS/c1-18-7-3-2-6-16-9-11-8-10(13(15)17)4-5-12(11)14/h4-5,8,16H,2-3,6-7,9H2,1H3,(H2,15,17). The van der Waals surface area contributed by atoms with Crippen LogP contribution < -0.4 is 11.1 Å². The first-order valence-corrected chi connectivity index (χ1v) is 7.32. The minimum atomic E-state index is -0.531. The van der Waals surface area contributed by atoms with Gasteiger partial charge in [-0.05, 0) is 49.6 Å². The fourth-order valence-electron chi connectivity index (χ4n) is 1.58. The molecule has 0 fully saturated rings. The number of carbonyl (C=O) groups excluding carboxylic acids is 1. The van der Waals surface area contributed by atoms with Crippen LogP contribution >= 0.6 is 11.8 Å². The Hall–Kier alpha value is -1.07. The molecule has 5 heteroatoms. The van der Waals surface area contributed by atoms with Gasteiger partial charge in [-0.15, -0.1) is 0 Å². The Kier molecular flexibility index (Phi) is 6.75. The van der Waals surface area contributed by atoms with Gasteiger partial charge in [0.25, 0.3) is 0 Å². The SMILES string of the molecule is CSCCCCNCc1cc(C(N)=O)ccc1F. The molecule has 3 nitrogen and oxygen atoms in total. The summed E-state index contributed by atoms with van der Waals surface area (Å²) in [6.07, 6.45) is 4.30. The molecule has 0 aliphatic rings. The molecule has 0 saturated carbocycles. The van der Waals surface area contributed by atoms with Crippen molar-refractivity contribution in [1.82, 2.24) is 5.32 Å². The average molecular weight is 270 g/mol. The maximum Gasteiger partial charge on any atom is 0.248 e. The molecule has 1 rings (SSSR count). The molecule has 1 aromatic rings. The molecule has 1 amide bonds. The number of unbranched alkanes of at least 4 members (excludes halogenated alkanes) is 1. The van der Waals surface area contributed by atoms with Gasteiger partial charge < -0.3 is 11.1 Å². The van der Waals surface area contributed by atoms with Gasteiger partial charge in [0.05, 0.1) is 0 Å². The third-order valence-corrected chi connectivity index (χ3v) is 3.29. The summed E-state index contributed by atoms with van der Waals surface area (Å²) >= 11 is 1.82. The molecule has 0 unspecified atom stereocenters. The maximum absolute atomic E-state index is 13.5. The minimum Gasteiger partial charge on any atom is -0.366 e. The molecular formula is C13H19FN2OS. The second-order valence-electron chi connectivity index (χ2n) is 4.05. The van der Waals surface area contributed by atoms with E-state index in [0.717, 1.165) is 25.1 Å². The summed E-state index contributed by atoms with van der Waals surface area (Å²) in [6, 6.07) is 4.19. The van der Waals surface area contributed by atoms with Crippen LogP contribution in [-0.2, 0) is 6.54 Å². The first-order chi connectivity index (χ1) is 8.65. The number of nitrogens with two attached hydrogens (primary N) is 1. The number of nitrogens with one attached hydrogen (secondary N) is 1. The normalized spacial score (nSPS) is 10.6. The Morgan fingerprint density at radius 1 is 1.44 bits per heavy atom. The van der Waals surface area contributed by atoms with Crippen LogP contribution in [0.3, 0.4) is 0 Å². The van der Waals surface area contributed by atoms with E-state index in [0.29, 0.717) is 17.7 Å². The predicted octanol–water partition coefficient (Wildman–Crippen LogP) is 2.16. The van der Waals surface area contributed by atoms with Gasteiger partial charge in [-0.1, -0.05) is 0 Å². The lowest BCUT2D eigenvalue weighted by molar-refractivity contribution is 0.1000. The van der Waals surface area contributed by atoms with Crippen molar-refractivity contribution in [2.75, 3.05) is 18.6 Å². The molecule has 18 heavy (non-hydrogen) atoms. The Balaban J connectivity index is 2.41. The van der Waals surface area contributed by atoms with Crippen molar-refractivity contribution >= 4 is 17.7 Å². The lowest BCUT2D eigenvalue weighted by atomic mass is 10.1. The van der Waals surface area contributed by atoms with E-state index in [-0.39, 0.29) is 5.82 Å². The van der Waals surface area contributed by atoms with Crippen LogP contribution in [-0.4, -0.2) is 24.5 Å². The van der Waals surface area contributed by atoms with Gasteiger partial charge >= 0.3 is 0 Å². The molecule has 0 heterocycles. The van der Waals surface area contributed by atoms with Crippen molar-refractivity contribution in [2.24, 2.45) is 5.73 Å². The zero-order valence-electron chi connectivity index (χ0n) is 10.5. The largest absolute Gasteiger partial charge is 0.366 e. The molecule has 0 spiro atoms. The van der Waals surface area contributed by atoms with E-state index in [1.165, 1.54) is 18.2 Å². The predicted molar refractivity (Wildman–Crippen MR) is 74.2 cm³/mol. The second kappa shape index (κ2) is 8.11. The minimum absolute atomic E-state index is 0.309. The highest BCUT2D eigenvalue weighted by atomic mass is 32.2. The summed E-state index contributed by atoms with van der Waals surface area (Å²) in [4.78, 5) is 11.0. The molecule has 100 valence electrons. The molecule has 0 atom stereocenters. The highest BCUT2D eigenvalue weighted by molar-refractivity contribution is 7.98. The Morgan fingerprint density at radius 2 is 2.22 bits per heavy atom. The highest BCUT2D eigenvalue weighted by Gasteiger charge is 2.06. The number of halogens is 1. The van der Waals surface area contributed by atoms with E-state index >= 15 is 0 Å². The number of amides is 1. The summed E-state index contributed by atoms with van der Waals surface area (Å²) in [5, 5.41) is 3.17. The molecule has 3 N–H and O–H groups in total. The number of hydrogen-bond donors (Lipinski definition) is 2. The number of rotatable bonds is 8. The number of hydrogen-bond acceptors (Lipinski definition) is 3. The number of carbonyl (C=O) groups is 1. The third kappa shape index (κ3) is 5.06. The Labute approximate surface area is 111 Å². The van der Waals surface area contributed by atoms with Crippen LogP contribution in [0.1, 0.15) is 28.8 Å². The van der Waals surface area contributed by atoms with E-state index in [2.05, 4.69) is 11.6 Å². The van der Waals surface area contributed by atoms with Crippen LogP contribution in [0, 0.1) is 5.82 Å². The number of primary amides is 1. The highest BCUT2D eigenvalue weighted by Crippen LogP contribution is 2.10. The smallest absolute Gasteiger partial charge is 0.248 e. The lowest BCUT2D eigenvalue weighted by Crippen LogP contribution is -2.17. The van der Waals surface area contributed by atoms with Gasteiger partial charge in [0.2, 0.25) is 5.91 Å². The topological polar surface area (TPSA) is 55.1 Å². The van der Waals surface area contributed by atoms with Gasteiger partial charge in [0.15, 0.2) is 0 Å². The van der Waals surface area contributed by atoms with Crippen LogP contribution in [0.15, 0.2) is 18.2 Å². The van der Waals surface area contributed by atoms with Crippen LogP contribution in [0.4, 0.5) is 4.39 Å². The number of thioether (sulfide) groups is 1. The van der Waals surface area contributed by atoms with Gasteiger partial charge in [-0.2, -0.15) is 11.8 Å². The molecule has 0 aliphatic carbocycles. The van der Waals surface area contributed by atoms with Crippen LogP contribution in [0.25, 0.3) is 0 Å². The van der Waals surface area contributed by atoms with E-state index < -0.39 is 5.91 Å². The van der Waals surface area contributed by atoms with E-state index in [4.69, 9.17) is 5.73 Å². The Morgan fingerprint density at radius 3 is 2.89 bits per heavy atom. The van der Waals surface area contributed by atoms with Crippen molar-refractivity contribution in [1.29, 1.82) is 0 Å². The van der Waals surface area contributed by atoms with Gasteiger partial charge in [0, 0.05) is 17.7 Å². The molecule has 0 radical (unpaired) electrons. The monoisotopic (exact) mass is 270 g/mol. The summed E-state index contributed by atoms with van der Waals surface area (Å²) in [5.41, 5.74) is 5.98. The molecular weight excluding hydrogens is 251 g/mol. The Bertz CT molecular complexity index is 399. The van der Waals surface area contributed by atoms with Crippen molar-refractivity contribution in [2.45, 2.75) is 19.4 Å². The zero-order chi connectivity index (χ0) is 13.4. The fourth-order valence-corrected chi connectivity index (χ4v) is 2.08. The summed E-state index contributed by atoms with van der Waals surface area (Å²) in [6.45, 7) is 1.27. The van der Waals surface area contributed by atoms with E-state index in [1.807, 2.05) is 11.8 Å². The molecule has 0 aliphatic heterocycles. The van der Waals surface area contributed by atoms with Crippen molar-refractivity contribution < 1.29 is 9.18 Å². The second-order valence-corrected chi connectivity index (χ2v) is 5.03. The summed E-state index contributed by atoms with van der Waals surface area (Å²) < 4.78 is 13.5. The van der Waals surface area contributed by atoms with E-state index in [9.17, 15) is 9.18 Å². The van der Waals surface area contributed by atoms with E-state index in [1.54, 1.807) is 0 Å². The third-order valence-electron chi connectivity index (χ3n) is 2.60. The first kappa shape index (κ1) is 15.0. The molecule has 0 bridgehead atoms. The molecule has 0 aromatic heterocycles.